The second-order valence-electron chi connectivity index (χ2n) is 8.14. The second-order valence-corrected chi connectivity index (χ2v) is 8.14. The number of Topliss-reactive ketones (excluding diaryl/α,β-unsaturated/α-hetero) is 1. The van der Waals surface area contributed by atoms with Crippen LogP contribution in [-0.2, 0) is 4.79 Å². The monoisotopic (exact) mass is 238 g/mol. The maximum Gasteiger partial charge on any atom is 0.133 e. The molecule has 2 nitrogen and oxygen atoms in total. The second kappa shape index (κ2) is 3.81. The zero-order chi connectivity index (χ0) is 12.9. The minimum Gasteiger partial charge on any atom is -0.393 e. The van der Waals surface area contributed by atoms with Crippen molar-refractivity contribution in [3.63, 3.8) is 0 Å². The maximum atomic E-state index is 12.0. The van der Waals surface area contributed by atoms with Gasteiger partial charge < -0.3 is 5.11 Å². The molecule has 0 saturated heterocycles. The zero-order valence-corrected chi connectivity index (χ0v) is 11.7. The van der Waals surface area contributed by atoms with Crippen molar-refractivity contribution in [3.05, 3.63) is 0 Å². The summed E-state index contributed by atoms with van der Waals surface area (Å²) in [5.74, 6) is 0.395. The van der Waals surface area contributed by atoms with E-state index < -0.39 is 0 Å². The molecule has 98 valence electrons. The Morgan fingerprint density at radius 1 is 1.00 bits per heavy atom. The van der Waals surface area contributed by atoms with E-state index in [1.807, 2.05) is 0 Å². The van der Waals surface area contributed by atoms with Crippen LogP contribution in [0.5, 0.6) is 0 Å². The predicted molar refractivity (Wildman–Crippen MR) is 68.7 cm³/mol. The molecule has 2 saturated carbocycles. The Bertz CT molecular complexity index is 326. The quantitative estimate of drug-likeness (QED) is 0.703. The summed E-state index contributed by atoms with van der Waals surface area (Å²) < 4.78 is 0. The Hall–Kier alpha value is -0.370. The van der Waals surface area contributed by atoms with Gasteiger partial charge in [0.15, 0.2) is 0 Å². The Morgan fingerprint density at radius 3 is 2.12 bits per heavy atom. The van der Waals surface area contributed by atoms with Crippen molar-refractivity contribution >= 4 is 5.78 Å². The fourth-order valence-corrected chi connectivity index (χ4v) is 4.79. The number of hydrogen-bond donors (Lipinski definition) is 1. The lowest BCUT2D eigenvalue weighted by atomic mass is 9.53. The summed E-state index contributed by atoms with van der Waals surface area (Å²) in [5.41, 5.74) is 0.355. The Balaban J connectivity index is 2.25. The third-order valence-corrected chi connectivity index (χ3v) is 4.41. The van der Waals surface area contributed by atoms with Crippen molar-refractivity contribution in [1.82, 2.24) is 0 Å². The van der Waals surface area contributed by atoms with Crippen LogP contribution in [0.15, 0.2) is 0 Å². The molecule has 2 heteroatoms. The van der Waals surface area contributed by atoms with Gasteiger partial charge in [0.1, 0.15) is 5.78 Å². The average molecular weight is 238 g/mol. The first-order chi connectivity index (χ1) is 7.62. The molecule has 2 aliphatic carbocycles. The van der Waals surface area contributed by atoms with Gasteiger partial charge in [0.25, 0.3) is 0 Å². The van der Waals surface area contributed by atoms with Gasteiger partial charge in [-0.1, -0.05) is 27.7 Å². The first-order valence-corrected chi connectivity index (χ1v) is 6.81. The van der Waals surface area contributed by atoms with Crippen LogP contribution in [0, 0.1) is 16.2 Å². The molecule has 0 amide bonds. The normalized spacial score (nSPS) is 40.5. The van der Waals surface area contributed by atoms with E-state index in [0.29, 0.717) is 18.6 Å². The summed E-state index contributed by atoms with van der Waals surface area (Å²) in [4.78, 5) is 12.0. The summed E-state index contributed by atoms with van der Waals surface area (Å²) >= 11 is 0. The molecule has 2 atom stereocenters. The number of hydrogen-bond acceptors (Lipinski definition) is 2. The maximum absolute atomic E-state index is 12.0. The Labute approximate surface area is 105 Å². The molecule has 17 heavy (non-hydrogen) atoms. The number of rotatable bonds is 0. The number of carbonyl (C=O) groups is 1. The molecule has 0 aromatic carbocycles. The van der Waals surface area contributed by atoms with Crippen LogP contribution in [-0.4, -0.2) is 17.0 Å². The fraction of sp³-hybridized carbons (Fsp3) is 0.933. The topological polar surface area (TPSA) is 37.3 Å². The summed E-state index contributed by atoms with van der Waals surface area (Å²) in [6, 6.07) is 0. The van der Waals surface area contributed by atoms with Crippen LogP contribution in [0.2, 0.25) is 0 Å². The van der Waals surface area contributed by atoms with Crippen molar-refractivity contribution in [1.29, 1.82) is 0 Å². The van der Waals surface area contributed by atoms with Crippen LogP contribution >= 0.6 is 0 Å². The highest BCUT2D eigenvalue weighted by atomic mass is 16.3. The lowest BCUT2D eigenvalue weighted by Gasteiger charge is -2.52. The highest BCUT2D eigenvalue weighted by molar-refractivity contribution is 5.80. The van der Waals surface area contributed by atoms with E-state index in [4.69, 9.17) is 0 Å². The highest BCUT2D eigenvalue weighted by Gasteiger charge is 2.49. The summed E-state index contributed by atoms with van der Waals surface area (Å²) in [7, 11) is 0. The lowest BCUT2D eigenvalue weighted by molar-refractivity contribution is -0.134. The predicted octanol–water partition coefficient (Wildman–Crippen LogP) is 3.32. The van der Waals surface area contributed by atoms with Gasteiger partial charge in [0, 0.05) is 12.8 Å². The van der Waals surface area contributed by atoms with E-state index in [2.05, 4.69) is 27.7 Å². The van der Waals surface area contributed by atoms with Gasteiger partial charge in [0.2, 0.25) is 0 Å². The molecule has 1 spiro atoms. The number of ketones is 1. The number of carbonyl (C=O) groups excluding carboxylic acids is 1. The summed E-state index contributed by atoms with van der Waals surface area (Å²) in [5, 5.41) is 10.1. The number of aliphatic hydroxyl groups excluding tert-OH is 1. The smallest absolute Gasteiger partial charge is 0.133 e. The standard InChI is InChI=1S/C15H26O2/c1-13(2)5-11(16)7-15(9-13)8-12(17)6-14(3,4)10-15/h11,16H,5-10H2,1-4H3. The van der Waals surface area contributed by atoms with Gasteiger partial charge in [0.05, 0.1) is 6.10 Å². The SMILES string of the molecule is CC1(C)CC(=O)CC2(CC(O)CC(C)(C)C2)C1. The van der Waals surface area contributed by atoms with E-state index in [1.165, 1.54) is 0 Å². The molecule has 0 heterocycles. The van der Waals surface area contributed by atoms with Crippen molar-refractivity contribution < 1.29 is 9.90 Å². The fourth-order valence-electron chi connectivity index (χ4n) is 4.79. The highest BCUT2D eigenvalue weighted by Crippen LogP contribution is 2.56. The van der Waals surface area contributed by atoms with Crippen LogP contribution in [0.25, 0.3) is 0 Å². The lowest BCUT2D eigenvalue weighted by Crippen LogP contribution is -2.46. The summed E-state index contributed by atoms with van der Waals surface area (Å²) in [6.45, 7) is 8.84. The Morgan fingerprint density at radius 2 is 1.59 bits per heavy atom. The first kappa shape index (κ1) is 13.1. The van der Waals surface area contributed by atoms with E-state index >= 15 is 0 Å². The molecule has 2 rings (SSSR count). The van der Waals surface area contributed by atoms with E-state index in [-0.39, 0.29) is 22.3 Å². The van der Waals surface area contributed by atoms with Gasteiger partial charge in [-0.3, -0.25) is 4.79 Å². The van der Waals surface area contributed by atoms with Crippen LogP contribution < -0.4 is 0 Å². The summed E-state index contributed by atoms with van der Waals surface area (Å²) in [6.07, 6.45) is 5.07. The van der Waals surface area contributed by atoms with Crippen LogP contribution in [0.3, 0.4) is 0 Å². The largest absolute Gasteiger partial charge is 0.393 e. The van der Waals surface area contributed by atoms with Gasteiger partial charge in [-0.05, 0) is 41.9 Å². The molecule has 1 N–H and O–H groups in total. The van der Waals surface area contributed by atoms with Gasteiger partial charge in [-0.2, -0.15) is 0 Å². The molecule has 0 aromatic heterocycles. The van der Waals surface area contributed by atoms with Gasteiger partial charge >= 0.3 is 0 Å². The van der Waals surface area contributed by atoms with Crippen molar-refractivity contribution in [2.24, 2.45) is 16.2 Å². The Kier molecular flexibility index (Phi) is 2.93. The molecule has 0 aromatic rings. The third-order valence-electron chi connectivity index (χ3n) is 4.41. The molecule has 0 aliphatic heterocycles. The van der Waals surface area contributed by atoms with Crippen molar-refractivity contribution in [3.8, 4) is 0 Å². The van der Waals surface area contributed by atoms with E-state index in [0.717, 1.165) is 25.7 Å². The molecule has 2 unspecified atom stereocenters. The third kappa shape index (κ3) is 2.90. The van der Waals surface area contributed by atoms with Crippen LogP contribution in [0.4, 0.5) is 0 Å². The molecule has 0 radical (unpaired) electrons. The molecule has 0 bridgehead atoms. The number of aliphatic hydroxyl groups is 1. The van der Waals surface area contributed by atoms with Gasteiger partial charge in [-0.25, -0.2) is 0 Å². The first-order valence-electron chi connectivity index (χ1n) is 6.81. The van der Waals surface area contributed by atoms with E-state index in [9.17, 15) is 9.90 Å². The van der Waals surface area contributed by atoms with Crippen LogP contribution in [0.1, 0.15) is 66.2 Å². The molecular formula is C15H26O2. The average Bonchev–Trinajstić information content (AvgIpc) is 1.90. The molecular weight excluding hydrogens is 212 g/mol. The minimum absolute atomic E-state index is 0.0694. The zero-order valence-electron chi connectivity index (χ0n) is 11.7. The van der Waals surface area contributed by atoms with E-state index in [1.54, 1.807) is 0 Å². The minimum atomic E-state index is -0.222. The molecule has 2 fully saturated rings. The van der Waals surface area contributed by atoms with Gasteiger partial charge in [-0.15, -0.1) is 0 Å². The van der Waals surface area contributed by atoms with Crippen molar-refractivity contribution in [2.45, 2.75) is 72.3 Å². The van der Waals surface area contributed by atoms with Crippen molar-refractivity contribution in [2.75, 3.05) is 0 Å². The molecule has 2 aliphatic rings.